The number of rotatable bonds is 1. The molecular weight excluding hydrogens is 312 g/mol. The first kappa shape index (κ1) is 17.1. The molecule has 4 aliphatic carbocycles. The minimum absolute atomic E-state index is 0.0739. The molecule has 0 amide bonds. The minimum Gasteiger partial charge on any atom is -0.511 e. The van der Waals surface area contributed by atoms with Crippen molar-refractivity contribution in [1.82, 2.24) is 0 Å². The highest BCUT2D eigenvalue weighted by Crippen LogP contribution is 2.67. The van der Waals surface area contributed by atoms with Gasteiger partial charge in [0.2, 0.25) is 0 Å². The molecule has 3 fully saturated rings. The molecule has 0 aromatic heterocycles. The van der Waals surface area contributed by atoms with E-state index in [1.807, 2.05) is 0 Å². The lowest BCUT2D eigenvalue weighted by Gasteiger charge is -2.57. The molecule has 25 heavy (non-hydrogen) atoms. The zero-order valence-corrected chi connectivity index (χ0v) is 15.8. The number of carbonyl (C=O) groups excluding carboxylic acids is 2. The van der Waals surface area contributed by atoms with Crippen molar-refractivity contribution in [3.8, 4) is 0 Å². The summed E-state index contributed by atoms with van der Waals surface area (Å²) in [6.45, 7) is 8.50. The number of aliphatic hydroxyl groups excluding tert-OH is 1. The third kappa shape index (κ3) is 2.10. The van der Waals surface area contributed by atoms with Gasteiger partial charge >= 0.3 is 0 Å². The van der Waals surface area contributed by atoms with E-state index in [9.17, 15) is 14.7 Å². The summed E-state index contributed by atoms with van der Waals surface area (Å²) in [7, 11) is 0. The SMILES string of the molecule is CC(=O)[C@H]1[C@H](C)C[C@H]2[C@@H]3CCC4=CC(=O)C=C(O)[C@]4(C)[C@H]3CC[C@@]21C. The zero-order valence-electron chi connectivity index (χ0n) is 15.8. The lowest BCUT2D eigenvalue weighted by Crippen LogP contribution is -2.51. The van der Waals surface area contributed by atoms with Crippen molar-refractivity contribution >= 4 is 11.6 Å². The van der Waals surface area contributed by atoms with E-state index in [2.05, 4.69) is 20.8 Å². The highest BCUT2D eigenvalue weighted by molar-refractivity contribution is 6.01. The summed E-state index contributed by atoms with van der Waals surface area (Å²) in [5.74, 6) is 2.65. The Labute approximate surface area is 150 Å². The third-order valence-electron chi connectivity index (χ3n) is 8.50. The quantitative estimate of drug-likeness (QED) is 0.756. The summed E-state index contributed by atoms with van der Waals surface area (Å²) >= 11 is 0. The zero-order chi connectivity index (χ0) is 18.1. The Balaban J connectivity index is 1.73. The van der Waals surface area contributed by atoms with Crippen molar-refractivity contribution < 1.29 is 14.7 Å². The summed E-state index contributed by atoms with van der Waals surface area (Å²) in [6, 6.07) is 0. The maximum atomic E-state index is 12.4. The molecule has 4 rings (SSSR count). The molecule has 0 aromatic rings. The van der Waals surface area contributed by atoms with Crippen LogP contribution in [0.5, 0.6) is 0 Å². The molecule has 0 bridgehead atoms. The Hall–Kier alpha value is -1.38. The first-order valence-corrected chi connectivity index (χ1v) is 9.86. The van der Waals surface area contributed by atoms with Gasteiger partial charge in [0.25, 0.3) is 0 Å². The molecular formula is C22H30O3. The monoisotopic (exact) mass is 342 g/mol. The summed E-state index contributed by atoms with van der Waals surface area (Å²) in [6.07, 6.45) is 8.39. The van der Waals surface area contributed by atoms with Gasteiger partial charge in [-0.1, -0.05) is 19.4 Å². The van der Waals surface area contributed by atoms with Crippen molar-refractivity contribution in [3.05, 3.63) is 23.5 Å². The third-order valence-corrected chi connectivity index (χ3v) is 8.50. The van der Waals surface area contributed by atoms with Crippen molar-refractivity contribution in [1.29, 1.82) is 0 Å². The average molecular weight is 342 g/mol. The van der Waals surface area contributed by atoms with Crippen LogP contribution in [0, 0.1) is 40.4 Å². The molecule has 0 saturated heterocycles. The van der Waals surface area contributed by atoms with Gasteiger partial charge in [0, 0.05) is 17.4 Å². The summed E-state index contributed by atoms with van der Waals surface area (Å²) in [5.41, 5.74) is 0.847. The van der Waals surface area contributed by atoms with Gasteiger partial charge in [0.1, 0.15) is 11.5 Å². The highest BCUT2D eigenvalue weighted by atomic mass is 16.3. The van der Waals surface area contributed by atoms with E-state index in [-0.39, 0.29) is 28.3 Å². The van der Waals surface area contributed by atoms with Crippen LogP contribution in [0.3, 0.4) is 0 Å². The predicted molar refractivity (Wildman–Crippen MR) is 96.9 cm³/mol. The number of Topliss-reactive ketones (excluding diaryl/α,β-unsaturated/α-hetero) is 1. The standard InChI is InChI=1S/C22H30O3/c1-12-9-18-16-6-5-14-10-15(24)11-19(25)22(14,4)17(16)7-8-21(18,3)20(12)13(2)23/h10-12,16-18,20,25H,5-9H2,1-4H3/t12-,16-,17+,18+,20-,21+,22+/m1/s1. The van der Waals surface area contributed by atoms with Crippen LogP contribution in [0.2, 0.25) is 0 Å². The number of hydrogen-bond acceptors (Lipinski definition) is 3. The fourth-order valence-electron chi connectivity index (χ4n) is 7.53. The first-order chi connectivity index (χ1) is 11.7. The van der Waals surface area contributed by atoms with Crippen LogP contribution in [-0.2, 0) is 9.59 Å². The van der Waals surface area contributed by atoms with Gasteiger partial charge in [-0.2, -0.15) is 0 Å². The molecule has 3 heteroatoms. The van der Waals surface area contributed by atoms with Crippen molar-refractivity contribution in [2.45, 2.75) is 59.8 Å². The van der Waals surface area contributed by atoms with Gasteiger partial charge in [0.05, 0.1) is 0 Å². The lowest BCUT2D eigenvalue weighted by molar-refractivity contribution is -0.129. The van der Waals surface area contributed by atoms with Gasteiger partial charge in [-0.15, -0.1) is 0 Å². The highest BCUT2D eigenvalue weighted by Gasteiger charge is 2.62. The maximum absolute atomic E-state index is 12.4. The molecule has 1 N–H and O–H groups in total. The second-order valence-corrected chi connectivity index (χ2v) is 9.57. The Morgan fingerprint density at radius 1 is 1.20 bits per heavy atom. The van der Waals surface area contributed by atoms with Crippen molar-refractivity contribution in [2.24, 2.45) is 40.4 Å². The van der Waals surface area contributed by atoms with Gasteiger partial charge in [-0.25, -0.2) is 0 Å². The summed E-state index contributed by atoms with van der Waals surface area (Å²) in [4.78, 5) is 24.2. The Morgan fingerprint density at radius 2 is 1.92 bits per heavy atom. The average Bonchev–Trinajstić information content (AvgIpc) is 2.79. The van der Waals surface area contributed by atoms with Crippen LogP contribution >= 0.6 is 0 Å². The number of ketones is 2. The number of carbonyl (C=O) groups is 2. The Morgan fingerprint density at radius 3 is 2.60 bits per heavy atom. The fraction of sp³-hybridized carbons (Fsp3) is 0.727. The fourth-order valence-corrected chi connectivity index (χ4v) is 7.53. The molecule has 0 unspecified atom stereocenters. The molecule has 3 nitrogen and oxygen atoms in total. The number of allylic oxidation sites excluding steroid dienone is 3. The van der Waals surface area contributed by atoms with Crippen LogP contribution in [0.4, 0.5) is 0 Å². The van der Waals surface area contributed by atoms with E-state index < -0.39 is 0 Å². The molecule has 0 spiro atoms. The molecule has 4 aliphatic rings. The van der Waals surface area contributed by atoms with E-state index in [0.29, 0.717) is 29.5 Å². The topological polar surface area (TPSA) is 54.4 Å². The van der Waals surface area contributed by atoms with Gasteiger partial charge in [-0.05, 0) is 81.1 Å². The van der Waals surface area contributed by atoms with Gasteiger partial charge in [0.15, 0.2) is 5.78 Å². The van der Waals surface area contributed by atoms with E-state index >= 15 is 0 Å². The van der Waals surface area contributed by atoms with Gasteiger partial charge in [-0.3, -0.25) is 9.59 Å². The molecule has 0 aromatic carbocycles. The predicted octanol–water partition coefficient (Wildman–Crippen LogP) is 4.63. The van der Waals surface area contributed by atoms with Crippen molar-refractivity contribution in [3.63, 3.8) is 0 Å². The number of fused-ring (bicyclic) bond motifs is 5. The second-order valence-electron chi connectivity index (χ2n) is 9.57. The number of hydrogen-bond donors (Lipinski definition) is 1. The van der Waals surface area contributed by atoms with E-state index in [0.717, 1.165) is 37.7 Å². The Kier molecular flexibility index (Phi) is 3.62. The minimum atomic E-state index is -0.379. The van der Waals surface area contributed by atoms with Crippen LogP contribution in [0.15, 0.2) is 23.5 Å². The maximum Gasteiger partial charge on any atom is 0.181 e. The van der Waals surface area contributed by atoms with E-state index in [1.165, 1.54) is 6.08 Å². The van der Waals surface area contributed by atoms with E-state index in [1.54, 1.807) is 13.0 Å². The molecule has 0 radical (unpaired) electrons. The first-order valence-electron chi connectivity index (χ1n) is 9.86. The molecule has 7 atom stereocenters. The normalized spacial score (nSPS) is 48.8. The largest absolute Gasteiger partial charge is 0.511 e. The van der Waals surface area contributed by atoms with Crippen LogP contribution in [-0.4, -0.2) is 16.7 Å². The van der Waals surface area contributed by atoms with Crippen LogP contribution in [0.1, 0.15) is 59.8 Å². The smallest absolute Gasteiger partial charge is 0.181 e. The summed E-state index contributed by atoms with van der Waals surface area (Å²) in [5, 5.41) is 10.7. The van der Waals surface area contributed by atoms with Gasteiger partial charge < -0.3 is 5.11 Å². The number of aliphatic hydroxyl groups is 1. The molecule has 3 saturated carbocycles. The summed E-state index contributed by atoms with van der Waals surface area (Å²) < 4.78 is 0. The Bertz CT molecular complexity index is 702. The second kappa shape index (κ2) is 5.31. The molecule has 0 aliphatic heterocycles. The molecule has 136 valence electrons. The molecule has 0 heterocycles. The van der Waals surface area contributed by atoms with Crippen LogP contribution in [0.25, 0.3) is 0 Å². The van der Waals surface area contributed by atoms with Crippen LogP contribution < -0.4 is 0 Å². The van der Waals surface area contributed by atoms with Crippen molar-refractivity contribution in [2.75, 3.05) is 0 Å². The lowest BCUT2D eigenvalue weighted by atomic mass is 9.47. The van der Waals surface area contributed by atoms with E-state index in [4.69, 9.17) is 0 Å².